The van der Waals surface area contributed by atoms with Gasteiger partial charge in [-0.05, 0) is 37.5 Å². The number of likely N-dealkylation sites (tertiary alicyclic amines) is 1. The fourth-order valence-electron chi connectivity index (χ4n) is 2.72. The third-order valence-corrected chi connectivity index (χ3v) is 4.53. The summed E-state index contributed by atoms with van der Waals surface area (Å²) < 4.78 is 1.11. The summed E-state index contributed by atoms with van der Waals surface area (Å²) in [6, 6.07) is 9.37. The lowest BCUT2D eigenvalue weighted by Crippen LogP contribution is -2.48. The number of carbonyl (C=O) groups is 1. The van der Waals surface area contributed by atoms with Gasteiger partial charge in [0.15, 0.2) is 0 Å². The number of hydrogen-bond donors (Lipinski definition) is 1. The van der Waals surface area contributed by atoms with Gasteiger partial charge in [0.1, 0.15) is 0 Å². The molecule has 0 aliphatic carbocycles. The molecule has 2 amide bonds. The Morgan fingerprint density at radius 3 is 2.38 bits per heavy atom. The van der Waals surface area contributed by atoms with E-state index in [9.17, 15) is 4.79 Å². The van der Waals surface area contributed by atoms with Crippen molar-refractivity contribution in [2.24, 2.45) is 0 Å². The Bertz CT molecular complexity index is 467. The summed E-state index contributed by atoms with van der Waals surface area (Å²) in [5, 5.41) is 3.68. The lowest BCUT2D eigenvalue weighted by atomic mass is 10.0. The van der Waals surface area contributed by atoms with Crippen molar-refractivity contribution in [3.63, 3.8) is 0 Å². The fourth-order valence-corrected chi connectivity index (χ4v) is 2.99. The Morgan fingerprint density at radius 2 is 1.86 bits per heavy atom. The summed E-state index contributed by atoms with van der Waals surface area (Å²) in [5.74, 6) is 0. The van der Waals surface area contributed by atoms with Gasteiger partial charge in [-0.1, -0.05) is 28.1 Å². The number of benzene rings is 1. The Balaban J connectivity index is 1.83. The van der Waals surface area contributed by atoms with E-state index in [4.69, 9.17) is 0 Å². The van der Waals surface area contributed by atoms with E-state index in [-0.39, 0.29) is 6.03 Å². The maximum atomic E-state index is 11.9. The number of hydrogen-bond acceptors (Lipinski definition) is 2. The molecule has 5 heteroatoms. The highest BCUT2D eigenvalue weighted by atomic mass is 79.9. The first-order valence-corrected chi connectivity index (χ1v) is 8.24. The number of halogens is 1. The summed E-state index contributed by atoms with van der Waals surface area (Å²) in [5.41, 5.74) is 1.30. The van der Waals surface area contributed by atoms with Gasteiger partial charge < -0.3 is 15.1 Å². The van der Waals surface area contributed by atoms with Crippen LogP contribution >= 0.6 is 15.9 Å². The Morgan fingerprint density at radius 1 is 1.29 bits per heavy atom. The number of nitrogens with zero attached hydrogens (tertiary/aromatic N) is 2. The minimum Gasteiger partial charge on any atom is -0.331 e. The first-order valence-electron chi connectivity index (χ1n) is 7.45. The molecule has 2 rings (SSSR count). The second-order valence-electron chi connectivity index (χ2n) is 5.88. The second kappa shape index (κ2) is 7.27. The smallest absolute Gasteiger partial charge is 0.319 e. The van der Waals surface area contributed by atoms with E-state index < -0.39 is 0 Å². The maximum Gasteiger partial charge on any atom is 0.319 e. The van der Waals surface area contributed by atoms with Crippen molar-refractivity contribution in [2.75, 3.05) is 27.2 Å². The van der Waals surface area contributed by atoms with E-state index in [1.54, 1.807) is 4.90 Å². The molecule has 0 radical (unpaired) electrons. The molecule has 0 spiro atoms. The first-order chi connectivity index (χ1) is 9.97. The number of nitrogens with one attached hydrogen (secondary N) is 1. The predicted molar refractivity (Wildman–Crippen MR) is 89.4 cm³/mol. The number of urea groups is 1. The molecule has 4 nitrogen and oxygen atoms in total. The second-order valence-corrected chi connectivity index (χ2v) is 6.79. The first kappa shape index (κ1) is 16.3. The molecule has 1 heterocycles. The van der Waals surface area contributed by atoms with Crippen LogP contribution < -0.4 is 5.32 Å². The van der Waals surface area contributed by atoms with Gasteiger partial charge in [0.05, 0.1) is 0 Å². The zero-order valence-electron chi connectivity index (χ0n) is 13.0. The van der Waals surface area contributed by atoms with E-state index >= 15 is 0 Å². The molecule has 1 saturated heterocycles. The van der Waals surface area contributed by atoms with Crippen molar-refractivity contribution < 1.29 is 4.79 Å². The van der Waals surface area contributed by atoms with E-state index in [1.165, 1.54) is 5.56 Å². The van der Waals surface area contributed by atoms with Crippen LogP contribution in [0.25, 0.3) is 0 Å². The van der Waals surface area contributed by atoms with Gasteiger partial charge in [0, 0.05) is 43.7 Å². The lowest BCUT2D eigenvalue weighted by molar-refractivity contribution is 0.151. The molecule has 1 N–H and O–H groups in total. The molecular weight excluding hydrogens is 330 g/mol. The highest BCUT2D eigenvalue weighted by Gasteiger charge is 2.24. The van der Waals surface area contributed by atoms with Crippen LogP contribution in [0.5, 0.6) is 0 Å². The van der Waals surface area contributed by atoms with Gasteiger partial charge >= 0.3 is 6.03 Å². The Labute approximate surface area is 135 Å². The third kappa shape index (κ3) is 4.45. The topological polar surface area (TPSA) is 35.6 Å². The van der Waals surface area contributed by atoms with Gasteiger partial charge in [0.25, 0.3) is 0 Å². The molecule has 116 valence electrons. The van der Waals surface area contributed by atoms with Crippen molar-refractivity contribution >= 4 is 22.0 Å². The van der Waals surface area contributed by atoms with Crippen LogP contribution in [0.2, 0.25) is 0 Å². The molecular formula is C16H24BrN3O. The number of piperidine rings is 1. The molecule has 1 fully saturated rings. The SMILES string of the molecule is C[C@H](NC1CCN(C(=O)N(C)C)CC1)c1ccc(Br)cc1. The number of amides is 2. The van der Waals surface area contributed by atoms with Crippen molar-refractivity contribution in [3.8, 4) is 0 Å². The van der Waals surface area contributed by atoms with Crippen LogP contribution in [-0.2, 0) is 0 Å². The molecule has 1 atom stereocenters. The third-order valence-electron chi connectivity index (χ3n) is 4.00. The Kier molecular flexibility index (Phi) is 5.65. The minimum atomic E-state index is 0.120. The fraction of sp³-hybridized carbons (Fsp3) is 0.562. The zero-order chi connectivity index (χ0) is 15.4. The number of rotatable bonds is 3. The van der Waals surface area contributed by atoms with Gasteiger partial charge in [0.2, 0.25) is 0 Å². The van der Waals surface area contributed by atoms with Crippen molar-refractivity contribution in [1.82, 2.24) is 15.1 Å². The molecule has 1 aromatic carbocycles. The molecule has 0 aromatic heterocycles. The average Bonchev–Trinajstić information content (AvgIpc) is 2.47. The molecule has 0 unspecified atom stereocenters. The number of carbonyl (C=O) groups excluding carboxylic acids is 1. The van der Waals surface area contributed by atoms with E-state index in [0.717, 1.165) is 30.4 Å². The quantitative estimate of drug-likeness (QED) is 0.905. The minimum absolute atomic E-state index is 0.120. The molecule has 1 aliphatic rings. The largest absolute Gasteiger partial charge is 0.331 e. The molecule has 1 aromatic rings. The zero-order valence-corrected chi connectivity index (χ0v) is 14.6. The average molecular weight is 354 g/mol. The van der Waals surface area contributed by atoms with Crippen molar-refractivity contribution in [2.45, 2.75) is 31.8 Å². The summed E-state index contributed by atoms with van der Waals surface area (Å²) in [6.45, 7) is 3.87. The van der Waals surface area contributed by atoms with Crippen molar-refractivity contribution in [1.29, 1.82) is 0 Å². The van der Waals surface area contributed by atoms with E-state index in [0.29, 0.717) is 12.1 Å². The van der Waals surface area contributed by atoms with Crippen LogP contribution in [0.15, 0.2) is 28.7 Å². The highest BCUT2D eigenvalue weighted by Crippen LogP contribution is 2.19. The lowest BCUT2D eigenvalue weighted by Gasteiger charge is -2.35. The van der Waals surface area contributed by atoms with Crippen LogP contribution in [0.4, 0.5) is 4.79 Å². The molecule has 0 saturated carbocycles. The summed E-state index contributed by atoms with van der Waals surface area (Å²) >= 11 is 3.46. The van der Waals surface area contributed by atoms with Gasteiger partial charge in [-0.2, -0.15) is 0 Å². The monoisotopic (exact) mass is 353 g/mol. The van der Waals surface area contributed by atoms with E-state index in [1.807, 2.05) is 19.0 Å². The van der Waals surface area contributed by atoms with Crippen LogP contribution in [0, 0.1) is 0 Å². The summed E-state index contributed by atoms with van der Waals surface area (Å²) in [6.07, 6.45) is 2.03. The highest BCUT2D eigenvalue weighted by molar-refractivity contribution is 9.10. The summed E-state index contributed by atoms with van der Waals surface area (Å²) in [7, 11) is 3.62. The maximum absolute atomic E-state index is 11.9. The normalized spacial score (nSPS) is 17.6. The molecule has 0 bridgehead atoms. The summed E-state index contributed by atoms with van der Waals surface area (Å²) in [4.78, 5) is 15.5. The van der Waals surface area contributed by atoms with Crippen LogP contribution in [0.3, 0.4) is 0 Å². The van der Waals surface area contributed by atoms with Gasteiger partial charge in [-0.15, -0.1) is 0 Å². The Hall–Kier alpha value is -1.07. The van der Waals surface area contributed by atoms with Crippen LogP contribution in [0.1, 0.15) is 31.4 Å². The molecule has 1 aliphatic heterocycles. The van der Waals surface area contributed by atoms with Crippen LogP contribution in [-0.4, -0.2) is 49.1 Å². The van der Waals surface area contributed by atoms with E-state index in [2.05, 4.69) is 52.4 Å². The molecule has 21 heavy (non-hydrogen) atoms. The van der Waals surface area contributed by atoms with Crippen molar-refractivity contribution in [3.05, 3.63) is 34.3 Å². The van der Waals surface area contributed by atoms with Gasteiger partial charge in [-0.3, -0.25) is 0 Å². The standard InChI is InChI=1S/C16H24BrN3O/c1-12(13-4-6-14(17)7-5-13)18-15-8-10-20(11-9-15)16(21)19(2)3/h4-7,12,15,18H,8-11H2,1-3H3/t12-/m0/s1. The predicted octanol–water partition coefficient (Wildman–Crippen LogP) is 3.25. The van der Waals surface area contributed by atoms with Gasteiger partial charge in [-0.25, -0.2) is 4.79 Å².